The molecule has 0 saturated heterocycles. The minimum atomic E-state index is 0.0190. The Morgan fingerprint density at radius 2 is 2.00 bits per heavy atom. The van der Waals surface area contributed by atoms with Gasteiger partial charge in [0.1, 0.15) is 11.8 Å². The van der Waals surface area contributed by atoms with E-state index in [4.69, 9.17) is 21.7 Å². The molecule has 3 aromatic rings. The van der Waals surface area contributed by atoms with E-state index in [9.17, 15) is 10.4 Å². The molecule has 0 radical (unpaired) electrons. The van der Waals surface area contributed by atoms with Crippen LogP contribution < -0.4 is 4.74 Å². The van der Waals surface area contributed by atoms with Crippen molar-refractivity contribution in [2.75, 3.05) is 6.61 Å². The van der Waals surface area contributed by atoms with Gasteiger partial charge in [0.05, 0.1) is 23.7 Å². The molecule has 2 aromatic carbocycles. The Kier molecular flexibility index (Phi) is 6.44. The Morgan fingerprint density at radius 3 is 2.69 bits per heavy atom. The largest absolute Gasteiger partial charge is 0.494 e. The molecule has 1 aliphatic rings. The number of rotatable bonds is 6. The average Bonchev–Trinajstić information content (AvgIpc) is 3.31. The Labute approximate surface area is 193 Å². The molecule has 4 rings (SSSR count). The number of aromatic nitrogens is 1. The molecule has 0 saturated carbocycles. The van der Waals surface area contributed by atoms with Gasteiger partial charge in [-0.2, -0.15) is 10.3 Å². The fourth-order valence-corrected chi connectivity index (χ4v) is 4.20. The zero-order valence-corrected chi connectivity index (χ0v) is 18.7. The lowest BCUT2D eigenvalue weighted by atomic mass is 10.2. The number of ether oxygens (including phenoxy) is 2. The van der Waals surface area contributed by atoms with E-state index < -0.39 is 0 Å². The summed E-state index contributed by atoms with van der Waals surface area (Å²) < 4.78 is 13.3. The Hall–Kier alpha value is -3.74. The second kappa shape index (κ2) is 9.60. The average molecular weight is 463 g/mol. The lowest BCUT2D eigenvalue weighted by Crippen LogP contribution is -2.07. The monoisotopic (exact) mass is 462 g/mol. The number of benzene rings is 2. The van der Waals surface area contributed by atoms with Crippen molar-refractivity contribution >= 4 is 46.9 Å². The quantitative estimate of drug-likeness (QED) is 0.492. The molecule has 2 heterocycles. The minimum absolute atomic E-state index is 0.0190. The lowest BCUT2D eigenvalue weighted by Gasteiger charge is -2.04. The number of hydrogen-bond donors (Lipinski definition) is 1. The molecule has 160 valence electrons. The first-order valence-electron chi connectivity index (χ1n) is 9.74. The summed E-state index contributed by atoms with van der Waals surface area (Å²) in [5, 5.41) is 20.1. The van der Waals surface area contributed by atoms with Crippen LogP contribution in [0.15, 0.2) is 70.5 Å². The zero-order chi connectivity index (χ0) is 22.5. The highest BCUT2D eigenvalue weighted by Crippen LogP contribution is 2.31. The third kappa shape index (κ3) is 4.77. The van der Waals surface area contributed by atoms with Gasteiger partial charge >= 0.3 is 0 Å². The van der Waals surface area contributed by atoms with Crippen molar-refractivity contribution in [2.45, 2.75) is 13.5 Å². The minimum Gasteiger partial charge on any atom is -0.494 e. The molecule has 0 fully saturated rings. The molecule has 0 atom stereocenters. The molecule has 7 nitrogen and oxygen atoms in total. The van der Waals surface area contributed by atoms with E-state index in [1.807, 2.05) is 43.3 Å². The van der Waals surface area contributed by atoms with Crippen LogP contribution >= 0.6 is 23.6 Å². The van der Waals surface area contributed by atoms with Gasteiger partial charge in [-0.05, 0) is 49.0 Å². The summed E-state index contributed by atoms with van der Waals surface area (Å²) in [7, 11) is 0. The van der Waals surface area contributed by atoms with Crippen LogP contribution in [0.5, 0.6) is 11.6 Å². The first kappa shape index (κ1) is 21.5. The summed E-state index contributed by atoms with van der Waals surface area (Å²) >= 11 is 6.65. The normalized spacial score (nSPS) is 15.4. The Balaban J connectivity index is 1.58. The van der Waals surface area contributed by atoms with Crippen molar-refractivity contribution in [3.05, 3.63) is 74.9 Å². The van der Waals surface area contributed by atoms with Crippen LogP contribution in [0.2, 0.25) is 0 Å². The summed E-state index contributed by atoms with van der Waals surface area (Å²) in [5.74, 6) is 1.00. The summed E-state index contributed by atoms with van der Waals surface area (Å²) in [6, 6.07) is 18.8. The standard InChI is InChI=1S/C23H18N4O3S2/c1-2-29-17-10-8-16(9-11-17)25-21-18(13-24)26-20(30-21)12-19-22(28)27(23(31)32-19)14-15-6-4-3-5-7-15/h3-12,28H,2,14H2,1H3/b20-12+,25-21?. The molecule has 0 amide bonds. The van der Waals surface area contributed by atoms with Gasteiger partial charge in [-0.25, -0.2) is 4.99 Å². The summed E-state index contributed by atoms with van der Waals surface area (Å²) in [5.41, 5.74) is 1.67. The predicted molar refractivity (Wildman–Crippen MR) is 127 cm³/mol. The van der Waals surface area contributed by atoms with E-state index in [2.05, 4.69) is 9.98 Å². The number of thiazole rings is 1. The van der Waals surface area contributed by atoms with Crippen molar-refractivity contribution in [1.82, 2.24) is 4.57 Å². The summed E-state index contributed by atoms with van der Waals surface area (Å²) in [6.45, 7) is 2.93. The first-order valence-corrected chi connectivity index (χ1v) is 11.0. The van der Waals surface area contributed by atoms with Crippen LogP contribution in [0.1, 0.15) is 17.4 Å². The van der Waals surface area contributed by atoms with E-state index in [1.54, 1.807) is 34.9 Å². The fraction of sp³-hybridized carbons (Fsp3) is 0.130. The van der Waals surface area contributed by atoms with Crippen LogP contribution in [-0.4, -0.2) is 27.9 Å². The van der Waals surface area contributed by atoms with Crippen molar-refractivity contribution in [2.24, 2.45) is 9.98 Å². The zero-order valence-electron chi connectivity index (χ0n) is 17.1. The van der Waals surface area contributed by atoms with E-state index in [1.165, 1.54) is 11.3 Å². The van der Waals surface area contributed by atoms with E-state index in [0.717, 1.165) is 11.3 Å². The number of nitrogens with zero attached hydrogens (tertiary/aromatic N) is 4. The van der Waals surface area contributed by atoms with Gasteiger partial charge in [0.25, 0.3) is 5.90 Å². The van der Waals surface area contributed by atoms with Crippen LogP contribution in [-0.2, 0) is 11.3 Å². The van der Waals surface area contributed by atoms with Gasteiger partial charge in [0.2, 0.25) is 17.5 Å². The predicted octanol–water partition coefficient (Wildman–Crippen LogP) is 5.46. The van der Waals surface area contributed by atoms with Crippen molar-refractivity contribution in [1.29, 1.82) is 5.26 Å². The van der Waals surface area contributed by atoms with E-state index >= 15 is 0 Å². The molecular weight excluding hydrogens is 444 g/mol. The number of nitriles is 1. The van der Waals surface area contributed by atoms with Crippen molar-refractivity contribution in [3.63, 3.8) is 0 Å². The SMILES string of the molecule is CCOc1ccc(N=C2O/C(=C/c3sc(=S)n(Cc4ccccc4)c3O)N=C2C#N)cc1. The number of aliphatic imine (C=N–C) groups is 2. The van der Waals surface area contributed by atoms with E-state index in [-0.39, 0.29) is 23.4 Å². The topological polar surface area (TPSA) is 92.1 Å². The van der Waals surface area contributed by atoms with E-state index in [0.29, 0.717) is 27.7 Å². The number of aromatic hydroxyl groups is 1. The molecule has 0 spiro atoms. The van der Waals surface area contributed by atoms with Crippen LogP contribution in [0.25, 0.3) is 6.08 Å². The molecule has 1 aliphatic heterocycles. The smallest absolute Gasteiger partial charge is 0.258 e. The second-order valence-electron chi connectivity index (χ2n) is 6.63. The van der Waals surface area contributed by atoms with Crippen LogP contribution in [0, 0.1) is 15.3 Å². The van der Waals surface area contributed by atoms with Gasteiger partial charge in [-0.1, -0.05) is 30.3 Å². The maximum Gasteiger partial charge on any atom is 0.258 e. The summed E-state index contributed by atoms with van der Waals surface area (Å²) in [4.78, 5) is 9.04. The van der Waals surface area contributed by atoms with Gasteiger partial charge in [0.15, 0.2) is 3.95 Å². The molecule has 1 N–H and O–H groups in total. The maximum atomic E-state index is 10.7. The highest BCUT2D eigenvalue weighted by Gasteiger charge is 2.23. The van der Waals surface area contributed by atoms with Crippen LogP contribution in [0.3, 0.4) is 0 Å². The highest BCUT2D eigenvalue weighted by atomic mass is 32.1. The molecule has 0 unspecified atom stereocenters. The van der Waals surface area contributed by atoms with Crippen molar-refractivity contribution < 1.29 is 14.6 Å². The third-order valence-corrected chi connectivity index (χ3v) is 5.83. The second-order valence-corrected chi connectivity index (χ2v) is 8.30. The molecule has 0 aliphatic carbocycles. The molecule has 0 bridgehead atoms. The van der Waals surface area contributed by atoms with Gasteiger partial charge in [-0.3, -0.25) is 4.57 Å². The highest BCUT2D eigenvalue weighted by molar-refractivity contribution is 7.73. The Morgan fingerprint density at radius 1 is 1.25 bits per heavy atom. The van der Waals surface area contributed by atoms with Crippen LogP contribution in [0.4, 0.5) is 5.69 Å². The molecule has 1 aromatic heterocycles. The number of hydrogen-bond acceptors (Lipinski definition) is 8. The third-order valence-electron chi connectivity index (χ3n) is 4.44. The summed E-state index contributed by atoms with van der Waals surface area (Å²) in [6.07, 6.45) is 1.55. The Bertz CT molecular complexity index is 1310. The maximum absolute atomic E-state index is 10.7. The van der Waals surface area contributed by atoms with Gasteiger partial charge in [0, 0.05) is 6.08 Å². The van der Waals surface area contributed by atoms with Gasteiger partial charge < -0.3 is 14.6 Å². The van der Waals surface area contributed by atoms with Crippen molar-refractivity contribution in [3.8, 4) is 17.7 Å². The molecular formula is C23H18N4O3S2. The molecule has 32 heavy (non-hydrogen) atoms. The molecule has 9 heteroatoms. The lowest BCUT2D eigenvalue weighted by molar-refractivity contribution is 0.340. The first-order chi connectivity index (χ1) is 15.6. The van der Waals surface area contributed by atoms with Gasteiger partial charge in [-0.15, -0.1) is 11.3 Å². The fourth-order valence-electron chi connectivity index (χ4n) is 2.97.